The van der Waals surface area contributed by atoms with Crippen LogP contribution in [0.4, 0.5) is 0 Å². The molecule has 1 saturated heterocycles. The molecule has 2 aromatic rings. The van der Waals surface area contributed by atoms with Gasteiger partial charge in [0.05, 0.1) is 23.8 Å². The van der Waals surface area contributed by atoms with Crippen LogP contribution in [0.25, 0.3) is 5.82 Å². The molecule has 0 amide bonds. The lowest BCUT2D eigenvalue weighted by molar-refractivity contribution is 0.346. The average Bonchev–Trinajstić information content (AvgIpc) is 2.89. The highest BCUT2D eigenvalue weighted by atomic mass is 16.1. The summed E-state index contributed by atoms with van der Waals surface area (Å²) in [5, 5.41) is 3.18. The number of aromatic amines is 1. The molecule has 8 heteroatoms. The number of fused-ring (bicyclic) bond motifs is 1. The van der Waals surface area contributed by atoms with Gasteiger partial charge in [-0.3, -0.25) is 19.9 Å². The second kappa shape index (κ2) is 8.57. The van der Waals surface area contributed by atoms with E-state index in [1.807, 2.05) is 25.1 Å². The lowest BCUT2D eigenvalue weighted by atomic mass is 10.2. The van der Waals surface area contributed by atoms with E-state index in [1.54, 1.807) is 18.5 Å². The van der Waals surface area contributed by atoms with Crippen LogP contribution >= 0.6 is 0 Å². The fourth-order valence-electron chi connectivity index (χ4n) is 3.56. The largest absolute Gasteiger partial charge is 0.356 e. The molecule has 0 radical (unpaired) electrons. The second-order valence-electron chi connectivity index (χ2n) is 7.53. The predicted molar refractivity (Wildman–Crippen MR) is 115 cm³/mol. The molecule has 1 atom stereocenters. The van der Waals surface area contributed by atoms with Crippen LogP contribution in [0.3, 0.4) is 0 Å². The van der Waals surface area contributed by atoms with Crippen molar-refractivity contribution >= 4 is 12.1 Å². The molecule has 29 heavy (non-hydrogen) atoms. The smallest absolute Gasteiger partial charge is 0.281 e. The summed E-state index contributed by atoms with van der Waals surface area (Å²) in [5.74, 6) is 1.50. The van der Waals surface area contributed by atoms with Gasteiger partial charge in [0.15, 0.2) is 5.82 Å². The summed E-state index contributed by atoms with van der Waals surface area (Å²) < 4.78 is 1.46. The molecule has 0 aliphatic carbocycles. The zero-order valence-corrected chi connectivity index (χ0v) is 17.0. The number of H-pyrrole nitrogens is 1. The first-order chi connectivity index (χ1) is 14.1. The minimum Gasteiger partial charge on any atom is -0.356 e. The average molecular weight is 393 g/mol. The number of hydrogen-bond donors (Lipinski definition) is 1. The van der Waals surface area contributed by atoms with Crippen molar-refractivity contribution in [2.24, 2.45) is 9.98 Å². The molecule has 0 aromatic carbocycles. The van der Waals surface area contributed by atoms with E-state index < -0.39 is 0 Å². The summed E-state index contributed by atoms with van der Waals surface area (Å²) in [6.07, 6.45) is 8.53. The highest BCUT2D eigenvalue weighted by molar-refractivity contribution is 5.93. The standard InChI is InChI=1S/C21H27N7O/c1-16-7-8-19(27-11-5-10-26(2)12-13-27)24-15-18-17(14-23-16)21(29)28(25-18)20-6-3-4-9-22-20/h3-4,6-9,14,16,25H,5,10-13,15H2,1-2H3/b8-7-,23-14?,24-19?. The number of likely N-dealkylation sites (N-methyl/N-ethyl adjacent to an activating group) is 1. The molecule has 2 aliphatic heterocycles. The minimum atomic E-state index is -0.160. The van der Waals surface area contributed by atoms with E-state index in [0.29, 0.717) is 17.9 Å². The van der Waals surface area contributed by atoms with Crippen LogP contribution in [-0.4, -0.2) is 75.9 Å². The third-order valence-electron chi connectivity index (χ3n) is 5.29. The van der Waals surface area contributed by atoms with Gasteiger partial charge in [0.25, 0.3) is 5.56 Å². The van der Waals surface area contributed by atoms with Crippen LogP contribution in [0.2, 0.25) is 0 Å². The number of aliphatic imine (C=N–C) groups is 2. The first kappa shape index (κ1) is 19.3. The number of rotatable bonds is 1. The normalized spacial score (nSPS) is 21.9. The zero-order valence-electron chi connectivity index (χ0n) is 17.0. The lowest BCUT2D eigenvalue weighted by Crippen LogP contribution is -2.33. The van der Waals surface area contributed by atoms with Crippen LogP contribution in [0.5, 0.6) is 0 Å². The first-order valence-electron chi connectivity index (χ1n) is 10.1. The Morgan fingerprint density at radius 2 is 2.07 bits per heavy atom. The van der Waals surface area contributed by atoms with Crippen LogP contribution in [0.15, 0.2) is 51.3 Å². The van der Waals surface area contributed by atoms with Crippen molar-refractivity contribution in [3.63, 3.8) is 0 Å². The van der Waals surface area contributed by atoms with E-state index in [-0.39, 0.29) is 11.6 Å². The zero-order chi connectivity index (χ0) is 20.2. The number of aromatic nitrogens is 3. The Morgan fingerprint density at radius 1 is 1.17 bits per heavy atom. The first-order valence-corrected chi connectivity index (χ1v) is 10.1. The van der Waals surface area contributed by atoms with Crippen molar-refractivity contribution < 1.29 is 0 Å². The maximum absolute atomic E-state index is 13.0. The molecule has 152 valence electrons. The van der Waals surface area contributed by atoms with Crippen molar-refractivity contribution in [1.82, 2.24) is 24.6 Å². The second-order valence-corrected chi connectivity index (χ2v) is 7.53. The third-order valence-corrected chi connectivity index (χ3v) is 5.29. The van der Waals surface area contributed by atoms with Gasteiger partial charge >= 0.3 is 0 Å². The Morgan fingerprint density at radius 3 is 2.90 bits per heavy atom. The highest BCUT2D eigenvalue weighted by Gasteiger charge is 2.18. The van der Waals surface area contributed by atoms with Gasteiger partial charge in [-0.15, -0.1) is 0 Å². The molecular weight excluding hydrogens is 366 g/mol. The van der Waals surface area contributed by atoms with Gasteiger partial charge in [0, 0.05) is 32.0 Å². The number of nitrogens with one attached hydrogen (secondary N) is 1. The Hall–Kier alpha value is -3.00. The van der Waals surface area contributed by atoms with Crippen LogP contribution in [-0.2, 0) is 6.54 Å². The van der Waals surface area contributed by atoms with E-state index in [4.69, 9.17) is 4.99 Å². The number of hydrogen-bond acceptors (Lipinski definition) is 6. The van der Waals surface area contributed by atoms with E-state index >= 15 is 0 Å². The van der Waals surface area contributed by atoms with Gasteiger partial charge < -0.3 is 9.80 Å². The molecule has 0 bridgehead atoms. The summed E-state index contributed by atoms with van der Waals surface area (Å²) in [7, 11) is 2.16. The molecule has 1 fully saturated rings. The molecule has 2 aromatic heterocycles. The Balaban J connectivity index is 1.70. The van der Waals surface area contributed by atoms with Crippen molar-refractivity contribution in [1.29, 1.82) is 0 Å². The van der Waals surface area contributed by atoms with Crippen molar-refractivity contribution in [2.75, 3.05) is 33.2 Å². The van der Waals surface area contributed by atoms with Crippen LogP contribution in [0.1, 0.15) is 24.6 Å². The van der Waals surface area contributed by atoms with Gasteiger partial charge in [-0.1, -0.05) is 12.1 Å². The summed E-state index contributed by atoms with van der Waals surface area (Å²) in [6.45, 7) is 6.42. The highest BCUT2D eigenvalue weighted by Crippen LogP contribution is 2.11. The molecule has 0 saturated carbocycles. The number of amidine groups is 1. The Labute approximate surface area is 170 Å². The maximum atomic E-state index is 13.0. The van der Waals surface area contributed by atoms with Crippen molar-refractivity contribution in [3.8, 4) is 5.82 Å². The van der Waals surface area contributed by atoms with Gasteiger partial charge in [-0.2, -0.15) is 0 Å². The Kier molecular flexibility index (Phi) is 5.71. The summed E-state index contributed by atoms with van der Waals surface area (Å²) in [5.41, 5.74) is 1.13. The Bertz CT molecular complexity index is 986. The van der Waals surface area contributed by atoms with E-state index in [0.717, 1.165) is 44.1 Å². The van der Waals surface area contributed by atoms with Crippen molar-refractivity contribution in [3.05, 3.63) is 58.2 Å². The SMILES string of the molecule is CC1/C=C\C(N2CCCN(C)CC2)=NCc2[nH]n(-c3ccccn3)c(=O)c2C=N1. The molecule has 0 spiro atoms. The fourth-order valence-corrected chi connectivity index (χ4v) is 3.56. The van der Waals surface area contributed by atoms with E-state index in [9.17, 15) is 4.79 Å². The quantitative estimate of drug-likeness (QED) is 0.796. The molecule has 2 aliphatic rings. The summed E-state index contributed by atoms with van der Waals surface area (Å²) in [6, 6.07) is 5.44. The molecule has 1 N–H and O–H groups in total. The van der Waals surface area contributed by atoms with E-state index in [2.05, 4.69) is 38.0 Å². The van der Waals surface area contributed by atoms with Gasteiger partial charge in [0.2, 0.25) is 0 Å². The molecule has 4 rings (SSSR count). The molecular formula is C21H27N7O. The van der Waals surface area contributed by atoms with Crippen molar-refractivity contribution in [2.45, 2.75) is 25.9 Å². The number of nitrogens with zero attached hydrogens (tertiary/aromatic N) is 6. The van der Waals surface area contributed by atoms with Crippen LogP contribution < -0.4 is 5.56 Å². The van der Waals surface area contributed by atoms with Gasteiger partial charge in [0.1, 0.15) is 5.84 Å². The lowest BCUT2D eigenvalue weighted by Gasteiger charge is -2.23. The molecule has 4 heterocycles. The van der Waals surface area contributed by atoms with Gasteiger partial charge in [-0.05, 0) is 45.1 Å². The molecule has 8 nitrogen and oxygen atoms in total. The monoisotopic (exact) mass is 393 g/mol. The minimum absolute atomic E-state index is 0.0431. The summed E-state index contributed by atoms with van der Waals surface area (Å²) in [4.78, 5) is 31.4. The van der Waals surface area contributed by atoms with Crippen LogP contribution in [0, 0.1) is 0 Å². The number of pyridine rings is 1. The van der Waals surface area contributed by atoms with Gasteiger partial charge in [-0.25, -0.2) is 9.67 Å². The fraction of sp³-hybridized carbons (Fsp3) is 0.429. The third kappa shape index (κ3) is 4.37. The molecule has 1 unspecified atom stereocenters. The predicted octanol–water partition coefficient (Wildman–Crippen LogP) is 1.47. The maximum Gasteiger partial charge on any atom is 0.281 e. The topological polar surface area (TPSA) is 81.9 Å². The van der Waals surface area contributed by atoms with E-state index in [1.165, 1.54) is 4.68 Å². The summed E-state index contributed by atoms with van der Waals surface area (Å²) >= 11 is 0.